The molecule has 1 aliphatic rings. The second-order valence-electron chi connectivity index (χ2n) is 5.33. The Morgan fingerprint density at radius 3 is 2.11 bits per heavy atom. The normalized spacial score (nSPS) is 31.6. The van der Waals surface area contributed by atoms with Crippen molar-refractivity contribution in [2.24, 2.45) is 5.92 Å². The highest BCUT2D eigenvalue weighted by Crippen LogP contribution is 2.09. The van der Waals surface area contributed by atoms with Crippen LogP contribution in [0.15, 0.2) is 12.2 Å². The van der Waals surface area contributed by atoms with E-state index >= 15 is 0 Å². The average molecular weight is 266 g/mol. The lowest BCUT2D eigenvalue weighted by molar-refractivity contribution is -0.130. The van der Waals surface area contributed by atoms with Gasteiger partial charge < -0.3 is 10.6 Å². The van der Waals surface area contributed by atoms with Gasteiger partial charge in [0.25, 0.3) is 0 Å². The molecular weight excluding hydrogens is 240 g/mol. The van der Waals surface area contributed by atoms with E-state index in [1.807, 2.05) is 6.92 Å². The average Bonchev–Trinajstić information content (AvgIpc) is 2.38. The lowest BCUT2D eigenvalue weighted by Crippen LogP contribution is -2.41. The highest BCUT2D eigenvalue weighted by atomic mass is 16.2. The fourth-order valence-electron chi connectivity index (χ4n) is 2.18. The first-order valence-electron chi connectivity index (χ1n) is 7.31. The van der Waals surface area contributed by atoms with E-state index in [1.54, 1.807) is 0 Å². The van der Waals surface area contributed by atoms with Gasteiger partial charge in [-0.15, -0.1) is 0 Å². The van der Waals surface area contributed by atoms with Gasteiger partial charge in [-0.2, -0.15) is 0 Å². The third-order valence-electron chi connectivity index (χ3n) is 3.64. The van der Waals surface area contributed by atoms with Crippen molar-refractivity contribution in [3.8, 4) is 0 Å². The topological polar surface area (TPSA) is 58.2 Å². The number of carbonyl (C=O) groups excluding carboxylic acids is 2. The number of nitrogens with one attached hydrogen (secondary N) is 2. The van der Waals surface area contributed by atoms with Crippen LogP contribution >= 0.6 is 0 Å². The van der Waals surface area contributed by atoms with E-state index in [4.69, 9.17) is 0 Å². The van der Waals surface area contributed by atoms with Crippen molar-refractivity contribution in [1.82, 2.24) is 10.6 Å². The van der Waals surface area contributed by atoms with E-state index in [0.717, 1.165) is 25.7 Å². The van der Waals surface area contributed by atoms with Crippen LogP contribution in [-0.2, 0) is 9.59 Å². The maximum atomic E-state index is 12.0. The van der Waals surface area contributed by atoms with Crippen LogP contribution in [0.4, 0.5) is 0 Å². The molecule has 0 saturated carbocycles. The zero-order chi connectivity index (χ0) is 14.3. The molecule has 4 heteroatoms. The predicted octanol–water partition coefficient (Wildman–Crippen LogP) is 2.15. The fourth-order valence-corrected chi connectivity index (χ4v) is 2.18. The van der Waals surface area contributed by atoms with Crippen LogP contribution in [-0.4, -0.2) is 23.9 Å². The molecule has 0 aromatic rings. The largest absolute Gasteiger partial charge is 0.353 e. The molecule has 0 radical (unpaired) electrons. The zero-order valence-corrected chi connectivity index (χ0v) is 12.2. The number of carbonyl (C=O) groups is 2. The summed E-state index contributed by atoms with van der Waals surface area (Å²) < 4.78 is 0. The van der Waals surface area contributed by atoms with E-state index in [-0.39, 0.29) is 36.2 Å². The number of hydrogen-bond donors (Lipinski definition) is 2. The van der Waals surface area contributed by atoms with Gasteiger partial charge >= 0.3 is 0 Å². The lowest BCUT2D eigenvalue weighted by atomic mass is 10.0. The molecule has 19 heavy (non-hydrogen) atoms. The first-order chi connectivity index (χ1) is 9.06. The van der Waals surface area contributed by atoms with E-state index in [2.05, 4.69) is 36.6 Å². The third-order valence-corrected chi connectivity index (χ3v) is 3.64. The van der Waals surface area contributed by atoms with Gasteiger partial charge in [0.05, 0.1) is 0 Å². The Morgan fingerprint density at radius 1 is 1.05 bits per heavy atom. The molecule has 0 aromatic heterocycles. The first kappa shape index (κ1) is 15.7. The smallest absolute Gasteiger partial charge is 0.223 e. The van der Waals surface area contributed by atoms with Crippen molar-refractivity contribution in [1.29, 1.82) is 0 Å². The summed E-state index contributed by atoms with van der Waals surface area (Å²) in [4.78, 5) is 23.8. The van der Waals surface area contributed by atoms with Crippen LogP contribution in [0.1, 0.15) is 52.9 Å². The maximum absolute atomic E-state index is 12.0. The minimum atomic E-state index is -0.269. The quantitative estimate of drug-likeness (QED) is 0.752. The Balaban J connectivity index is 2.76. The molecule has 0 spiro atoms. The van der Waals surface area contributed by atoms with Crippen molar-refractivity contribution >= 4 is 11.8 Å². The van der Waals surface area contributed by atoms with Gasteiger partial charge in [-0.05, 0) is 25.7 Å². The molecule has 108 valence electrons. The highest BCUT2D eigenvalue weighted by molar-refractivity contribution is 5.85. The van der Waals surface area contributed by atoms with Crippen LogP contribution in [0, 0.1) is 5.92 Å². The minimum Gasteiger partial charge on any atom is -0.353 e. The summed E-state index contributed by atoms with van der Waals surface area (Å²) >= 11 is 0. The lowest BCUT2D eigenvalue weighted by Gasteiger charge is -2.21. The minimum absolute atomic E-state index is 0.0241. The second-order valence-corrected chi connectivity index (χ2v) is 5.33. The van der Waals surface area contributed by atoms with Gasteiger partial charge in [0.15, 0.2) is 0 Å². The Bertz CT molecular complexity index is 339. The van der Waals surface area contributed by atoms with Crippen molar-refractivity contribution < 1.29 is 9.59 Å². The molecule has 0 aromatic carbocycles. The molecule has 4 nitrogen and oxygen atoms in total. The fraction of sp³-hybridized carbons (Fsp3) is 0.733. The number of rotatable bonds is 2. The second kappa shape index (κ2) is 7.97. The SMILES string of the molecule is CC[C@@H]1C/C=C\C[C@H](CC)NC(=O)[C@H](C)CC(=O)N1. The molecule has 1 heterocycles. The Morgan fingerprint density at radius 2 is 1.58 bits per heavy atom. The first-order valence-corrected chi connectivity index (χ1v) is 7.31. The maximum Gasteiger partial charge on any atom is 0.223 e. The van der Waals surface area contributed by atoms with Gasteiger partial charge in [-0.25, -0.2) is 0 Å². The number of hydrogen-bond acceptors (Lipinski definition) is 2. The van der Waals surface area contributed by atoms with Crippen molar-refractivity contribution in [2.75, 3.05) is 0 Å². The molecule has 1 rings (SSSR count). The van der Waals surface area contributed by atoms with Gasteiger partial charge in [0.2, 0.25) is 11.8 Å². The molecule has 0 unspecified atom stereocenters. The van der Waals surface area contributed by atoms with Crippen LogP contribution in [0.2, 0.25) is 0 Å². The number of amides is 2. The third kappa shape index (κ3) is 5.45. The van der Waals surface area contributed by atoms with Crippen molar-refractivity contribution in [3.05, 3.63) is 12.2 Å². The molecule has 1 aliphatic heterocycles. The van der Waals surface area contributed by atoms with Crippen LogP contribution in [0.3, 0.4) is 0 Å². The van der Waals surface area contributed by atoms with Gasteiger partial charge in [0.1, 0.15) is 0 Å². The van der Waals surface area contributed by atoms with Crippen LogP contribution < -0.4 is 10.6 Å². The standard InChI is InChI=1S/C15H26N2O2/c1-4-12-8-6-7-9-13(5-2)17-15(19)11(3)10-14(18)16-12/h6-7,11-13H,4-5,8-10H2,1-3H3,(H,16,18)(H,17,19)/b7-6-/t11-,12-,13+/m1/s1. The summed E-state index contributed by atoms with van der Waals surface area (Å²) in [6.07, 6.45) is 8.02. The summed E-state index contributed by atoms with van der Waals surface area (Å²) in [5, 5.41) is 6.00. The van der Waals surface area contributed by atoms with E-state index in [9.17, 15) is 9.59 Å². The summed E-state index contributed by atoms with van der Waals surface area (Å²) in [5.41, 5.74) is 0. The zero-order valence-electron chi connectivity index (χ0n) is 12.2. The van der Waals surface area contributed by atoms with Crippen LogP contribution in [0.25, 0.3) is 0 Å². The molecule has 0 bridgehead atoms. The Hall–Kier alpha value is -1.32. The predicted molar refractivity (Wildman–Crippen MR) is 76.6 cm³/mol. The monoisotopic (exact) mass is 266 g/mol. The Kier molecular flexibility index (Phi) is 6.60. The summed E-state index contributed by atoms with van der Waals surface area (Å²) in [7, 11) is 0. The molecule has 0 aliphatic carbocycles. The molecular formula is C15H26N2O2. The summed E-state index contributed by atoms with van der Waals surface area (Å²) in [6.45, 7) is 5.94. The Labute approximate surface area is 116 Å². The van der Waals surface area contributed by atoms with Crippen molar-refractivity contribution in [3.63, 3.8) is 0 Å². The van der Waals surface area contributed by atoms with E-state index in [0.29, 0.717) is 0 Å². The molecule has 0 saturated heterocycles. The van der Waals surface area contributed by atoms with E-state index < -0.39 is 0 Å². The highest BCUT2D eigenvalue weighted by Gasteiger charge is 2.20. The van der Waals surface area contributed by atoms with E-state index in [1.165, 1.54) is 0 Å². The molecule has 2 N–H and O–H groups in total. The van der Waals surface area contributed by atoms with Crippen molar-refractivity contribution in [2.45, 2.75) is 65.0 Å². The summed E-state index contributed by atoms with van der Waals surface area (Å²) in [5.74, 6) is -0.324. The van der Waals surface area contributed by atoms with Gasteiger partial charge in [0, 0.05) is 24.4 Å². The molecule has 2 amide bonds. The van der Waals surface area contributed by atoms with Crippen LogP contribution in [0.5, 0.6) is 0 Å². The van der Waals surface area contributed by atoms with Gasteiger partial charge in [-0.3, -0.25) is 9.59 Å². The van der Waals surface area contributed by atoms with Gasteiger partial charge in [-0.1, -0.05) is 32.9 Å². The molecule has 0 fully saturated rings. The molecule has 3 atom stereocenters. The summed E-state index contributed by atoms with van der Waals surface area (Å²) in [6, 6.07) is 0.354.